The molecule has 2 rings (SSSR count). The van der Waals surface area contributed by atoms with E-state index < -0.39 is 12.1 Å². The van der Waals surface area contributed by atoms with E-state index in [-0.39, 0.29) is 29.8 Å². The lowest BCUT2D eigenvalue weighted by Gasteiger charge is -2.36. The third-order valence-corrected chi connectivity index (χ3v) is 8.97. The van der Waals surface area contributed by atoms with Crippen LogP contribution in [0.1, 0.15) is 83.5 Å². The van der Waals surface area contributed by atoms with Crippen molar-refractivity contribution >= 4 is 39.6 Å². The SMILES string of the molecule is [CH]C1(CCC(=O)OCCSSCCOC(=O)NCC2(CC(=O)O)CCCCC2)CCCCC1. The van der Waals surface area contributed by atoms with Gasteiger partial charge in [-0.1, -0.05) is 60.1 Å². The summed E-state index contributed by atoms with van der Waals surface area (Å²) in [7, 11) is 3.13. The molecule has 7 nitrogen and oxygen atoms in total. The first-order valence-corrected chi connectivity index (χ1v) is 14.6. The Morgan fingerprint density at radius 2 is 1.45 bits per heavy atom. The Kier molecular flexibility index (Phi) is 12.8. The first kappa shape index (κ1) is 28.1. The van der Waals surface area contributed by atoms with Crippen LogP contribution in [-0.2, 0) is 19.1 Å². The van der Waals surface area contributed by atoms with E-state index in [2.05, 4.69) is 5.32 Å². The highest BCUT2D eigenvalue weighted by Gasteiger charge is 2.35. The lowest BCUT2D eigenvalue weighted by molar-refractivity contribution is -0.143. The number of alkyl carbamates (subject to hydrolysis) is 1. The Labute approximate surface area is 206 Å². The molecule has 0 bridgehead atoms. The molecule has 1 amide bonds. The van der Waals surface area contributed by atoms with Crippen LogP contribution in [0.4, 0.5) is 4.79 Å². The molecule has 2 aliphatic carbocycles. The third-order valence-electron chi connectivity index (χ3n) is 6.64. The number of carbonyl (C=O) groups excluding carboxylic acids is 2. The molecule has 2 saturated carbocycles. The fourth-order valence-corrected chi connectivity index (χ4v) is 6.41. The van der Waals surface area contributed by atoms with Crippen molar-refractivity contribution in [2.45, 2.75) is 83.5 Å². The van der Waals surface area contributed by atoms with Crippen molar-refractivity contribution in [1.29, 1.82) is 0 Å². The summed E-state index contributed by atoms with van der Waals surface area (Å²) in [4.78, 5) is 35.1. The van der Waals surface area contributed by atoms with E-state index in [1.54, 1.807) is 21.6 Å². The topological polar surface area (TPSA) is 102 Å². The maximum atomic E-state index is 12.0. The minimum absolute atomic E-state index is 0.0808. The van der Waals surface area contributed by atoms with Gasteiger partial charge in [0.25, 0.3) is 0 Å². The van der Waals surface area contributed by atoms with E-state index in [0.29, 0.717) is 37.5 Å². The van der Waals surface area contributed by atoms with Gasteiger partial charge in [-0.2, -0.15) is 0 Å². The van der Waals surface area contributed by atoms with Crippen LogP contribution in [0.2, 0.25) is 0 Å². The second kappa shape index (κ2) is 15.0. The molecule has 0 aromatic rings. The van der Waals surface area contributed by atoms with Crippen LogP contribution >= 0.6 is 21.6 Å². The largest absolute Gasteiger partial charge is 0.481 e. The van der Waals surface area contributed by atoms with Gasteiger partial charge in [-0.05, 0) is 49.9 Å². The number of carboxylic acid groups (broad SMARTS) is 1. The molecule has 0 heterocycles. The van der Waals surface area contributed by atoms with Crippen molar-refractivity contribution in [3.05, 3.63) is 6.92 Å². The Morgan fingerprint density at radius 1 is 0.879 bits per heavy atom. The summed E-state index contributed by atoms with van der Waals surface area (Å²) in [5.41, 5.74) is -0.548. The van der Waals surface area contributed by atoms with Gasteiger partial charge in [0.2, 0.25) is 0 Å². The fraction of sp³-hybridized carbons (Fsp3) is 0.833. The van der Waals surface area contributed by atoms with Crippen LogP contribution in [0.25, 0.3) is 0 Å². The summed E-state index contributed by atoms with van der Waals surface area (Å²) in [6.45, 7) is 7.33. The van der Waals surface area contributed by atoms with E-state index in [9.17, 15) is 19.5 Å². The van der Waals surface area contributed by atoms with Gasteiger partial charge in [0.05, 0.1) is 6.42 Å². The van der Waals surface area contributed by atoms with Gasteiger partial charge in [-0.15, -0.1) is 0 Å². The number of ether oxygens (including phenoxy) is 2. The van der Waals surface area contributed by atoms with E-state index in [1.807, 2.05) is 0 Å². The number of esters is 1. The number of nitrogens with one attached hydrogen (secondary N) is 1. The third kappa shape index (κ3) is 11.7. The highest BCUT2D eigenvalue weighted by atomic mass is 33.1. The van der Waals surface area contributed by atoms with Gasteiger partial charge >= 0.3 is 18.0 Å². The summed E-state index contributed by atoms with van der Waals surface area (Å²) in [6, 6.07) is 0. The number of hydrogen-bond donors (Lipinski definition) is 2. The van der Waals surface area contributed by atoms with Crippen molar-refractivity contribution < 1.29 is 29.0 Å². The highest BCUT2D eigenvalue weighted by molar-refractivity contribution is 8.76. The Morgan fingerprint density at radius 3 is 2.06 bits per heavy atom. The molecule has 2 fully saturated rings. The Bertz CT molecular complexity index is 618. The van der Waals surface area contributed by atoms with Crippen molar-refractivity contribution in [2.24, 2.45) is 10.8 Å². The quantitative estimate of drug-likeness (QED) is 0.183. The number of aliphatic carboxylic acids is 1. The standard InChI is InChI=1S/C24H39NO6S2/c1-23(9-4-2-5-10-23)13-8-21(28)30-14-16-32-33-17-15-31-22(29)25-19-24(18-20(26)27)11-6-3-7-12-24/h1H,2-19H2,(H,25,29)(H,26,27). The van der Waals surface area contributed by atoms with Gasteiger partial charge in [0.1, 0.15) is 13.2 Å². The molecular weight excluding hydrogens is 462 g/mol. The summed E-state index contributed by atoms with van der Waals surface area (Å²) in [6.07, 6.45) is 11.0. The van der Waals surface area contributed by atoms with Gasteiger partial charge in [0.15, 0.2) is 0 Å². The van der Waals surface area contributed by atoms with Crippen LogP contribution in [-0.4, -0.2) is 54.4 Å². The number of hydrogen-bond acceptors (Lipinski definition) is 7. The predicted octanol–water partition coefficient (Wildman–Crippen LogP) is 5.50. The first-order chi connectivity index (χ1) is 15.8. The number of amides is 1. The van der Waals surface area contributed by atoms with Gasteiger partial charge in [-0.3, -0.25) is 9.59 Å². The normalized spacial score (nSPS) is 19.4. The lowest BCUT2D eigenvalue weighted by Crippen LogP contribution is -2.40. The van der Waals surface area contributed by atoms with Crippen LogP contribution in [0.15, 0.2) is 0 Å². The molecule has 0 aliphatic heterocycles. The maximum Gasteiger partial charge on any atom is 0.407 e. The van der Waals surface area contributed by atoms with Gasteiger partial charge < -0.3 is 19.9 Å². The van der Waals surface area contributed by atoms with Crippen molar-refractivity contribution in [3.63, 3.8) is 0 Å². The number of carboxylic acids is 1. The predicted molar refractivity (Wildman–Crippen MR) is 132 cm³/mol. The summed E-state index contributed by atoms with van der Waals surface area (Å²) >= 11 is 0. The molecule has 2 aliphatic rings. The smallest absolute Gasteiger partial charge is 0.407 e. The first-order valence-electron chi connectivity index (χ1n) is 12.1. The lowest BCUT2D eigenvalue weighted by atomic mass is 9.72. The molecule has 0 spiro atoms. The zero-order chi connectivity index (χ0) is 24.0. The van der Waals surface area contributed by atoms with Crippen molar-refractivity contribution in [3.8, 4) is 0 Å². The average molecular weight is 502 g/mol. The molecule has 0 unspecified atom stereocenters. The molecule has 0 saturated heterocycles. The highest BCUT2D eigenvalue weighted by Crippen LogP contribution is 2.40. The monoisotopic (exact) mass is 501 g/mol. The van der Waals surface area contributed by atoms with E-state index in [1.165, 1.54) is 6.42 Å². The zero-order valence-corrected chi connectivity index (χ0v) is 21.2. The second-order valence-electron chi connectivity index (χ2n) is 9.41. The van der Waals surface area contributed by atoms with Gasteiger partial charge in [-0.25, -0.2) is 4.79 Å². The second-order valence-corrected chi connectivity index (χ2v) is 12.1. The van der Waals surface area contributed by atoms with E-state index >= 15 is 0 Å². The molecular formula is C24H39NO6S2. The van der Waals surface area contributed by atoms with Crippen LogP contribution in [0.5, 0.6) is 0 Å². The van der Waals surface area contributed by atoms with E-state index in [0.717, 1.165) is 57.8 Å². The Hall–Kier alpha value is -1.09. The summed E-state index contributed by atoms with van der Waals surface area (Å²) in [5, 5.41) is 12.0. The molecule has 188 valence electrons. The molecule has 0 aromatic heterocycles. The van der Waals surface area contributed by atoms with Crippen molar-refractivity contribution in [2.75, 3.05) is 31.3 Å². The van der Waals surface area contributed by atoms with Crippen molar-refractivity contribution in [1.82, 2.24) is 5.32 Å². The molecule has 2 radical (unpaired) electrons. The molecule has 0 atom stereocenters. The molecule has 9 heteroatoms. The molecule has 2 N–H and O–H groups in total. The maximum absolute atomic E-state index is 12.0. The van der Waals surface area contributed by atoms with E-state index in [4.69, 9.17) is 16.4 Å². The minimum Gasteiger partial charge on any atom is -0.481 e. The minimum atomic E-state index is -0.821. The summed E-state index contributed by atoms with van der Waals surface area (Å²) in [5.74, 6) is 0.295. The molecule has 0 aromatic carbocycles. The average Bonchev–Trinajstić information content (AvgIpc) is 2.79. The fourth-order valence-electron chi connectivity index (χ4n) is 4.75. The van der Waals surface area contributed by atoms with Gasteiger partial charge in [0, 0.05) is 24.5 Å². The van der Waals surface area contributed by atoms with Crippen LogP contribution < -0.4 is 5.32 Å². The number of carbonyl (C=O) groups is 3. The van der Waals surface area contributed by atoms with Crippen LogP contribution in [0, 0.1) is 17.8 Å². The molecule has 33 heavy (non-hydrogen) atoms. The summed E-state index contributed by atoms with van der Waals surface area (Å²) < 4.78 is 10.5. The van der Waals surface area contributed by atoms with Crippen LogP contribution in [0.3, 0.4) is 0 Å². The zero-order valence-electron chi connectivity index (χ0n) is 19.6. The Balaban J connectivity index is 1.45. The number of rotatable bonds is 14.